The van der Waals surface area contributed by atoms with E-state index < -0.39 is 0 Å². The Bertz CT molecular complexity index is 1440. The van der Waals surface area contributed by atoms with Crippen molar-refractivity contribution >= 4 is 17.4 Å². The zero-order chi connectivity index (χ0) is 26.6. The molecule has 1 aliphatic heterocycles. The van der Waals surface area contributed by atoms with E-state index >= 15 is 0 Å². The van der Waals surface area contributed by atoms with Crippen molar-refractivity contribution in [2.45, 2.75) is 32.2 Å². The topological polar surface area (TPSA) is 93.0 Å². The Balaban J connectivity index is 1.27. The molecule has 0 spiro atoms. The van der Waals surface area contributed by atoms with Crippen LogP contribution in [0, 0.1) is 6.92 Å². The lowest BCUT2D eigenvalue weighted by Gasteiger charge is -2.26. The summed E-state index contributed by atoms with van der Waals surface area (Å²) in [6, 6.07) is 17.7. The molecule has 1 amide bonds. The van der Waals surface area contributed by atoms with E-state index in [-0.39, 0.29) is 5.91 Å². The van der Waals surface area contributed by atoms with E-state index in [0.29, 0.717) is 23.1 Å². The van der Waals surface area contributed by atoms with E-state index in [1.54, 1.807) is 0 Å². The fourth-order valence-corrected chi connectivity index (χ4v) is 4.85. The monoisotopic (exact) mass is 526 g/mol. The van der Waals surface area contributed by atoms with Gasteiger partial charge >= 0.3 is 0 Å². The maximum atomic E-state index is 12.6. The third-order valence-electron chi connectivity index (χ3n) is 7.17. The number of amides is 1. The smallest absolute Gasteiger partial charge is 0.251 e. The molecule has 2 fully saturated rings. The summed E-state index contributed by atoms with van der Waals surface area (Å²) in [6.07, 6.45) is 4.95. The summed E-state index contributed by atoms with van der Waals surface area (Å²) in [7, 11) is 0. The number of carbonyl (C=O) groups excluding carboxylic acids is 1. The van der Waals surface area contributed by atoms with Crippen molar-refractivity contribution in [3.05, 3.63) is 71.9 Å². The number of anilines is 1. The highest BCUT2D eigenvalue weighted by Gasteiger charge is 2.24. The minimum absolute atomic E-state index is 0.0124. The number of carbonyl (C=O) groups is 1. The molecule has 2 aromatic heterocycles. The minimum atomic E-state index is -0.0124. The zero-order valence-corrected chi connectivity index (χ0v) is 22.2. The molecular formula is C30H34N6O3. The van der Waals surface area contributed by atoms with Crippen molar-refractivity contribution in [2.24, 2.45) is 0 Å². The van der Waals surface area contributed by atoms with Crippen molar-refractivity contribution in [1.29, 1.82) is 0 Å². The Morgan fingerprint density at radius 1 is 1.10 bits per heavy atom. The molecule has 39 heavy (non-hydrogen) atoms. The van der Waals surface area contributed by atoms with Crippen LogP contribution in [0.1, 0.15) is 35.2 Å². The quantitative estimate of drug-likeness (QED) is 0.294. The highest BCUT2D eigenvalue weighted by molar-refractivity contribution is 5.97. The van der Waals surface area contributed by atoms with Gasteiger partial charge in [0.15, 0.2) is 5.65 Å². The molecule has 3 heterocycles. The maximum absolute atomic E-state index is 12.6. The van der Waals surface area contributed by atoms with Gasteiger partial charge in [0.05, 0.1) is 19.4 Å². The van der Waals surface area contributed by atoms with Crippen molar-refractivity contribution < 1.29 is 14.3 Å². The standard InChI is InChI=1S/C30H34N6O3/c1-21-18-22(8-11-25(21)30(37)33-23-9-10-23)26-20-32-36-27(31-12-5-13-35-14-16-38-17-15-35)19-28(34-29(26)36)39-24-6-3-2-4-7-24/h2-4,6-8,11,18-20,23,31H,5,9-10,12-17H2,1H3,(H,33,37). The molecule has 9 nitrogen and oxygen atoms in total. The minimum Gasteiger partial charge on any atom is -0.439 e. The van der Waals surface area contributed by atoms with Crippen molar-refractivity contribution in [1.82, 2.24) is 24.8 Å². The molecule has 1 saturated carbocycles. The van der Waals surface area contributed by atoms with Gasteiger partial charge in [0, 0.05) is 42.9 Å². The second-order valence-electron chi connectivity index (χ2n) is 10.2. The van der Waals surface area contributed by atoms with Crippen LogP contribution in [0.5, 0.6) is 11.6 Å². The van der Waals surface area contributed by atoms with Crippen molar-refractivity contribution in [3.8, 4) is 22.8 Å². The molecule has 202 valence electrons. The van der Waals surface area contributed by atoms with Gasteiger partial charge in [-0.05, 0) is 62.1 Å². The molecule has 2 N–H and O–H groups in total. The fraction of sp³-hybridized carbons (Fsp3) is 0.367. The molecule has 6 rings (SSSR count). The number of ether oxygens (including phenoxy) is 2. The first-order valence-electron chi connectivity index (χ1n) is 13.7. The van der Waals surface area contributed by atoms with Gasteiger partial charge in [0.2, 0.25) is 5.88 Å². The first-order chi connectivity index (χ1) is 19.1. The van der Waals surface area contributed by atoms with E-state index in [1.165, 1.54) is 0 Å². The number of hydrogen-bond acceptors (Lipinski definition) is 7. The normalized spacial score (nSPS) is 15.8. The summed E-state index contributed by atoms with van der Waals surface area (Å²) in [5.41, 5.74) is 4.14. The summed E-state index contributed by atoms with van der Waals surface area (Å²) in [6.45, 7) is 7.36. The Morgan fingerprint density at radius 2 is 1.92 bits per heavy atom. The van der Waals surface area contributed by atoms with Crippen LogP contribution in [-0.2, 0) is 4.74 Å². The number of aryl methyl sites for hydroxylation is 1. The van der Waals surface area contributed by atoms with Crippen molar-refractivity contribution in [2.75, 3.05) is 44.7 Å². The van der Waals surface area contributed by atoms with Crippen LogP contribution < -0.4 is 15.4 Å². The molecule has 0 atom stereocenters. The summed E-state index contributed by atoms with van der Waals surface area (Å²) >= 11 is 0. The molecular weight excluding hydrogens is 492 g/mol. The maximum Gasteiger partial charge on any atom is 0.251 e. The van der Waals surface area contributed by atoms with Gasteiger partial charge in [-0.1, -0.05) is 30.3 Å². The number of nitrogens with one attached hydrogen (secondary N) is 2. The molecule has 0 radical (unpaired) electrons. The van der Waals surface area contributed by atoms with Gasteiger partial charge in [0.25, 0.3) is 5.91 Å². The van der Waals surface area contributed by atoms with Crippen LogP contribution in [0.25, 0.3) is 16.8 Å². The number of aromatic nitrogens is 3. The van der Waals surface area contributed by atoms with Gasteiger partial charge in [-0.2, -0.15) is 14.6 Å². The van der Waals surface area contributed by atoms with Crippen LogP contribution in [-0.4, -0.2) is 70.8 Å². The average Bonchev–Trinajstić information content (AvgIpc) is 3.67. The second-order valence-corrected chi connectivity index (χ2v) is 10.2. The third-order valence-corrected chi connectivity index (χ3v) is 7.17. The van der Waals surface area contributed by atoms with Crippen LogP contribution in [0.3, 0.4) is 0 Å². The lowest BCUT2D eigenvalue weighted by atomic mass is 10.0. The first-order valence-corrected chi connectivity index (χ1v) is 13.7. The van der Waals surface area contributed by atoms with Crippen molar-refractivity contribution in [3.63, 3.8) is 0 Å². The lowest BCUT2D eigenvalue weighted by Crippen LogP contribution is -2.37. The highest BCUT2D eigenvalue weighted by Crippen LogP contribution is 2.31. The molecule has 1 saturated heterocycles. The zero-order valence-electron chi connectivity index (χ0n) is 22.2. The molecule has 9 heteroatoms. The molecule has 2 aliphatic rings. The van der Waals surface area contributed by atoms with Crippen LogP contribution in [0.2, 0.25) is 0 Å². The van der Waals surface area contributed by atoms with Gasteiger partial charge < -0.3 is 20.1 Å². The average molecular weight is 527 g/mol. The van der Waals surface area contributed by atoms with E-state index in [0.717, 1.165) is 86.9 Å². The molecule has 0 bridgehead atoms. The lowest BCUT2D eigenvalue weighted by molar-refractivity contribution is 0.0378. The van der Waals surface area contributed by atoms with Gasteiger partial charge in [-0.25, -0.2) is 0 Å². The number of benzene rings is 2. The predicted molar refractivity (Wildman–Crippen MR) is 151 cm³/mol. The van der Waals surface area contributed by atoms with Gasteiger partial charge in [-0.15, -0.1) is 0 Å². The largest absolute Gasteiger partial charge is 0.439 e. The van der Waals surface area contributed by atoms with Gasteiger partial charge in [-0.3, -0.25) is 9.69 Å². The first kappa shape index (κ1) is 25.3. The number of para-hydroxylation sites is 1. The second kappa shape index (κ2) is 11.4. The summed E-state index contributed by atoms with van der Waals surface area (Å²) in [5, 5.41) is 11.3. The Kier molecular flexibility index (Phi) is 7.42. The van der Waals surface area contributed by atoms with Crippen LogP contribution in [0.4, 0.5) is 5.82 Å². The Labute approximate surface area is 228 Å². The molecule has 0 unspecified atom stereocenters. The molecule has 2 aromatic carbocycles. The predicted octanol–water partition coefficient (Wildman–Crippen LogP) is 4.52. The number of hydrogen-bond donors (Lipinski definition) is 2. The van der Waals surface area contributed by atoms with Crippen LogP contribution >= 0.6 is 0 Å². The van der Waals surface area contributed by atoms with E-state index in [1.807, 2.05) is 72.2 Å². The molecule has 1 aliphatic carbocycles. The number of nitrogens with zero attached hydrogens (tertiary/aromatic N) is 4. The number of rotatable bonds is 10. The van der Waals surface area contributed by atoms with E-state index in [2.05, 4.69) is 20.6 Å². The van der Waals surface area contributed by atoms with E-state index in [4.69, 9.17) is 14.5 Å². The number of fused-ring (bicyclic) bond motifs is 1. The Morgan fingerprint density at radius 3 is 2.69 bits per heavy atom. The highest BCUT2D eigenvalue weighted by atomic mass is 16.5. The summed E-state index contributed by atoms with van der Waals surface area (Å²) < 4.78 is 13.4. The van der Waals surface area contributed by atoms with E-state index in [9.17, 15) is 4.79 Å². The fourth-order valence-electron chi connectivity index (χ4n) is 4.85. The van der Waals surface area contributed by atoms with Gasteiger partial charge in [0.1, 0.15) is 11.6 Å². The third kappa shape index (κ3) is 6.05. The van der Waals surface area contributed by atoms with Crippen LogP contribution in [0.15, 0.2) is 60.8 Å². The Hall–Kier alpha value is -3.95. The SMILES string of the molecule is Cc1cc(-c2cnn3c(NCCCN4CCOCC4)cc(Oc4ccccc4)nc23)ccc1C(=O)NC1CC1. The summed E-state index contributed by atoms with van der Waals surface area (Å²) in [4.78, 5) is 19.9. The summed E-state index contributed by atoms with van der Waals surface area (Å²) in [5.74, 6) is 2.01. The molecule has 4 aromatic rings. The number of morpholine rings is 1.